The van der Waals surface area contributed by atoms with Gasteiger partial charge in [-0.15, -0.1) is 0 Å². The van der Waals surface area contributed by atoms with E-state index >= 15 is 0 Å². The van der Waals surface area contributed by atoms with Crippen molar-refractivity contribution in [2.45, 2.75) is 51.3 Å². The first-order chi connectivity index (χ1) is 17.9. The molecule has 0 radical (unpaired) electrons. The summed E-state index contributed by atoms with van der Waals surface area (Å²) in [5.74, 6) is -0.482. The van der Waals surface area contributed by atoms with Gasteiger partial charge >= 0.3 is 5.69 Å². The normalized spacial score (nSPS) is 15.1. The van der Waals surface area contributed by atoms with Crippen molar-refractivity contribution in [3.63, 3.8) is 0 Å². The van der Waals surface area contributed by atoms with E-state index in [1.807, 2.05) is 12.1 Å². The molecule has 4 rings (SSSR count). The molecule has 1 saturated heterocycles. The third-order valence-corrected chi connectivity index (χ3v) is 6.67. The van der Waals surface area contributed by atoms with E-state index in [-0.39, 0.29) is 37.4 Å². The Hall–Kier alpha value is -3.43. The third kappa shape index (κ3) is 7.08. The summed E-state index contributed by atoms with van der Waals surface area (Å²) in [5, 5.41) is 6.69. The van der Waals surface area contributed by atoms with Gasteiger partial charge in [-0.2, -0.15) is 0 Å². The van der Waals surface area contributed by atoms with E-state index in [0.717, 1.165) is 23.0 Å². The van der Waals surface area contributed by atoms with Gasteiger partial charge in [0, 0.05) is 37.7 Å². The first-order valence-corrected chi connectivity index (χ1v) is 12.9. The summed E-state index contributed by atoms with van der Waals surface area (Å²) in [6.07, 6.45) is 3.00. The van der Waals surface area contributed by atoms with Gasteiger partial charge in [0.25, 0.3) is 5.56 Å². The van der Waals surface area contributed by atoms with Gasteiger partial charge in [0.1, 0.15) is 6.54 Å². The summed E-state index contributed by atoms with van der Waals surface area (Å²) >= 11 is 5.89. The number of ether oxygens (including phenoxy) is 1. The van der Waals surface area contributed by atoms with Crippen molar-refractivity contribution in [3.8, 4) is 0 Å². The second-order valence-electron chi connectivity index (χ2n) is 9.11. The van der Waals surface area contributed by atoms with E-state index in [1.54, 1.807) is 36.4 Å². The van der Waals surface area contributed by atoms with Crippen LogP contribution in [0.25, 0.3) is 10.9 Å². The van der Waals surface area contributed by atoms with Crippen molar-refractivity contribution >= 4 is 34.3 Å². The molecule has 2 aromatic carbocycles. The highest BCUT2D eigenvalue weighted by Gasteiger charge is 2.18. The zero-order valence-corrected chi connectivity index (χ0v) is 21.3. The second-order valence-corrected chi connectivity index (χ2v) is 9.55. The molecule has 1 fully saturated rings. The van der Waals surface area contributed by atoms with Crippen LogP contribution < -0.4 is 21.9 Å². The minimum absolute atomic E-state index is 0.0105. The number of aromatic nitrogens is 2. The van der Waals surface area contributed by atoms with Crippen LogP contribution in [-0.2, 0) is 33.8 Å². The van der Waals surface area contributed by atoms with Crippen LogP contribution in [0.2, 0.25) is 5.02 Å². The Kier molecular flexibility index (Phi) is 9.14. The van der Waals surface area contributed by atoms with Crippen molar-refractivity contribution in [2.75, 3.05) is 19.7 Å². The number of nitrogens with zero attached hydrogens (tertiary/aromatic N) is 2. The molecule has 1 aromatic heterocycles. The minimum Gasteiger partial charge on any atom is -0.376 e. The van der Waals surface area contributed by atoms with Crippen molar-refractivity contribution < 1.29 is 14.3 Å². The number of amides is 2. The highest BCUT2D eigenvalue weighted by Crippen LogP contribution is 2.11. The van der Waals surface area contributed by atoms with E-state index in [4.69, 9.17) is 16.3 Å². The number of fused-ring (bicyclic) bond motifs is 1. The van der Waals surface area contributed by atoms with Gasteiger partial charge in [-0.3, -0.25) is 23.5 Å². The molecule has 2 heterocycles. The highest BCUT2D eigenvalue weighted by atomic mass is 35.5. The summed E-state index contributed by atoms with van der Waals surface area (Å²) in [4.78, 5) is 51.2. The molecule has 0 spiro atoms. The fourth-order valence-electron chi connectivity index (χ4n) is 4.44. The average molecular weight is 527 g/mol. The van der Waals surface area contributed by atoms with Crippen molar-refractivity contribution in [1.82, 2.24) is 19.8 Å². The Labute approximate surface area is 219 Å². The van der Waals surface area contributed by atoms with Crippen molar-refractivity contribution in [1.29, 1.82) is 0 Å². The van der Waals surface area contributed by atoms with E-state index in [2.05, 4.69) is 10.6 Å². The topological polar surface area (TPSA) is 111 Å². The van der Waals surface area contributed by atoms with Crippen LogP contribution in [0.5, 0.6) is 0 Å². The predicted molar refractivity (Wildman–Crippen MR) is 142 cm³/mol. The van der Waals surface area contributed by atoms with Gasteiger partial charge in [0.05, 0.1) is 17.0 Å². The highest BCUT2D eigenvalue weighted by molar-refractivity contribution is 6.30. The first kappa shape index (κ1) is 26.6. The quantitative estimate of drug-likeness (QED) is 0.398. The summed E-state index contributed by atoms with van der Waals surface area (Å²) in [7, 11) is 0. The zero-order chi connectivity index (χ0) is 26.2. The molecule has 0 saturated carbocycles. The van der Waals surface area contributed by atoms with Gasteiger partial charge in [-0.25, -0.2) is 4.79 Å². The Morgan fingerprint density at radius 2 is 1.78 bits per heavy atom. The maximum Gasteiger partial charge on any atom is 0.331 e. The van der Waals surface area contributed by atoms with Crippen LogP contribution >= 0.6 is 11.6 Å². The largest absolute Gasteiger partial charge is 0.376 e. The van der Waals surface area contributed by atoms with E-state index in [9.17, 15) is 19.2 Å². The lowest BCUT2D eigenvalue weighted by Crippen LogP contribution is -2.43. The Bertz CT molecular complexity index is 1360. The smallest absolute Gasteiger partial charge is 0.331 e. The molecule has 0 aliphatic carbocycles. The second kappa shape index (κ2) is 12.7. The number of carbonyl (C=O) groups is 2. The van der Waals surface area contributed by atoms with Crippen LogP contribution in [0.4, 0.5) is 0 Å². The first-order valence-electron chi connectivity index (χ1n) is 12.5. The number of para-hydroxylation sites is 1. The van der Waals surface area contributed by atoms with Gasteiger partial charge < -0.3 is 15.4 Å². The number of rotatable bonds is 11. The van der Waals surface area contributed by atoms with Crippen LogP contribution in [0.1, 0.15) is 31.2 Å². The molecule has 1 atom stereocenters. The SMILES string of the molecule is O=C(CCCn1c(=O)c2ccccc2n(CC(=O)NC[C@H]2CCCO2)c1=O)NCCc1ccc(Cl)cc1. The summed E-state index contributed by atoms with van der Waals surface area (Å²) in [5.41, 5.74) is 0.465. The predicted octanol–water partition coefficient (Wildman–Crippen LogP) is 2.25. The molecule has 196 valence electrons. The Balaban J connectivity index is 1.37. The number of nitrogens with one attached hydrogen (secondary N) is 2. The molecule has 1 aliphatic rings. The zero-order valence-electron chi connectivity index (χ0n) is 20.6. The maximum atomic E-state index is 13.2. The summed E-state index contributed by atoms with van der Waals surface area (Å²) in [6.45, 7) is 1.42. The molecular weight excluding hydrogens is 496 g/mol. The molecule has 1 aliphatic heterocycles. The van der Waals surface area contributed by atoms with E-state index in [0.29, 0.717) is 48.5 Å². The third-order valence-electron chi connectivity index (χ3n) is 6.42. The van der Waals surface area contributed by atoms with Crippen LogP contribution in [0.3, 0.4) is 0 Å². The number of hydrogen-bond acceptors (Lipinski definition) is 5. The van der Waals surface area contributed by atoms with Crippen LogP contribution in [-0.4, -0.2) is 46.7 Å². The average Bonchev–Trinajstić information content (AvgIpc) is 3.42. The molecule has 2 amide bonds. The minimum atomic E-state index is -0.570. The number of carbonyl (C=O) groups excluding carboxylic acids is 2. The Morgan fingerprint density at radius 3 is 2.54 bits per heavy atom. The molecule has 3 aromatic rings. The number of benzene rings is 2. The van der Waals surface area contributed by atoms with Gasteiger partial charge in [0.2, 0.25) is 11.8 Å². The van der Waals surface area contributed by atoms with Crippen molar-refractivity contribution in [3.05, 3.63) is 80.0 Å². The molecule has 0 bridgehead atoms. The van der Waals surface area contributed by atoms with Crippen LogP contribution in [0, 0.1) is 0 Å². The fourth-order valence-corrected chi connectivity index (χ4v) is 4.56. The lowest BCUT2D eigenvalue weighted by Gasteiger charge is -2.15. The maximum absolute atomic E-state index is 13.2. The molecule has 37 heavy (non-hydrogen) atoms. The standard InChI is InChI=1S/C27H31ClN4O5/c28-20-11-9-19(10-12-20)13-14-29-24(33)8-3-15-31-26(35)22-6-1-2-7-23(22)32(27(31)36)18-25(34)30-17-21-5-4-16-37-21/h1-2,6-7,9-12,21H,3-5,8,13-18H2,(H,29,33)(H,30,34)/t21-/m1/s1. The van der Waals surface area contributed by atoms with E-state index < -0.39 is 11.2 Å². The Morgan fingerprint density at radius 1 is 1.00 bits per heavy atom. The molecule has 2 N–H and O–H groups in total. The molecular formula is C27H31ClN4O5. The van der Waals surface area contributed by atoms with E-state index in [1.165, 1.54) is 4.57 Å². The number of halogens is 1. The monoisotopic (exact) mass is 526 g/mol. The lowest BCUT2D eigenvalue weighted by molar-refractivity contribution is -0.122. The summed E-state index contributed by atoms with van der Waals surface area (Å²) < 4.78 is 7.95. The molecule has 9 nitrogen and oxygen atoms in total. The van der Waals surface area contributed by atoms with Crippen molar-refractivity contribution in [2.24, 2.45) is 0 Å². The van der Waals surface area contributed by atoms with Gasteiger partial charge in [-0.05, 0) is 55.5 Å². The van der Waals surface area contributed by atoms with Gasteiger partial charge in [-0.1, -0.05) is 35.9 Å². The molecule has 10 heteroatoms. The lowest BCUT2D eigenvalue weighted by atomic mass is 10.1. The number of hydrogen-bond donors (Lipinski definition) is 2. The van der Waals surface area contributed by atoms with Gasteiger partial charge in [0.15, 0.2) is 0 Å². The van der Waals surface area contributed by atoms with Crippen LogP contribution in [0.15, 0.2) is 58.1 Å². The summed E-state index contributed by atoms with van der Waals surface area (Å²) in [6, 6.07) is 14.2. The fraction of sp³-hybridized carbons (Fsp3) is 0.407. The molecule has 0 unspecified atom stereocenters.